The Kier molecular flexibility index (Phi) is 2.29. The first kappa shape index (κ1) is 7.57. The largest absolute Gasteiger partial charge is 0.511 e. The Morgan fingerprint density at radius 2 is 2.50 bits per heavy atom. The maximum Gasteiger partial charge on any atom is 0.102 e. The molecule has 0 aromatic heterocycles. The van der Waals surface area contributed by atoms with Gasteiger partial charge >= 0.3 is 0 Å². The molecule has 0 amide bonds. The van der Waals surface area contributed by atoms with Crippen LogP contribution in [0.5, 0.6) is 0 Å². The summed E-state index contributed by atoms with van der Waals surface area (Å²) in [7, 11) is 1.93. The summed E-state index contributed by atoms with van der Waals surface area (Å²) in [5.74, 6) is 0.248. The molecular weight excluding hydrogens is 128 g/mol. The monoisotopic (exact) mass is 142 g/mol. The quantitative estimate of drug-likeness (QED) is 0.476. The van der Waals surface area contributed by atoms with E-state index in [2.05, 4.69) is 17.2 Å². The summed E-state index contributed by atoms with van der Waals surface area (Å²) in [5, 5.41) is 15.3. The minimum absolute atomic E-state index is 0.0949. The fourth-order valence-electron chi connectivity index (χ4n) is 1.21. The van der Waals surface area contributed by atoms with Gasteiger partial charge in [-0.25, -0.2) is 0 Å². The SMILES string of the molecule is C=C(O)[C@@H]1C[C@@H](NC)CN1. The zero-order chi connectivity index (χ0) is 7.56. The van der Waals surface area contributed by atoms with Crippen LogP contribution in [0.2, 0.25) is 0 Å². The molecule has 0 unspecified atom stereocenters. The molecule has 0 aromatic rings. The number of hydrogen-bond donors (Lipinski definition) is 3. The smallest absolute Gasteiger partial charge is 0.102 e. The van der Waals surface area contributed by atoms with Gasteiger partial charge in [-0.2, -0.15) is 0 Å². The molecule has 10 heavy (non-hydrogen) atoms. The van der Waals surface area contributed by atoms with E-state index in [0.717, 1.165) is 13.0 Å². The van der Waals surface area contributed by atoms with Crippen LogP contribution in [0.15, 0.2) is 12.3 Å². The van der Waals surface area contributed by atoms with E-state index >= 15 is 0 Å². The Balaban J connectivity index is 2.35. The van der Waals surface area contributed by atoms with E-state index in [1.807, 2.05) is 7.05 Å². The number of rotatable bonds is 2. The van der Waals surface area contributed by atoms with Crippen LogP contribution in [0.3, 0.4) is 0 Å². The third-order valence-corrected chi connectivity index (χ3v) is 1.94. The van der Waals surface area contributed by atoms with Crippen molar-refractivity contribution in [1.29, 1.82) is 0 Å². The topological polar surface area (TPSA) is 44.3 Å². The van der Waals surface area contributed by atoms with Gasteiger partial charge in [-0.1, -0.05) is 6.58 Å². The number of nitrogens with one attached hydrogen (secondary N) is 2. The van der Waals surface area contributed by atoms with Crippen molar-refractivity contribution in [2.45, 2.75) is 18.5 Å². The molecule has 58 valence electrons. The summed E-state index contributed by atoms with van der Waals surface area (Å²) in [6, 6.07) is 0.575. The number of aliphatic hydroxyl groups is 1. The van der Waals surface area contributed by atoms with Crippen molar-refractivity contribution < 1.29 is 5.11 Å². The summed E-state index contributed by atoms with van der Waals surface area (Å²) in [6.07, 6.45) is 0.936. The van der Waals surface area contributed by atoms with Gasteiger partial charge in [-0.05, 0) is 13.5 Å². The molecule has 0 spiro atoms. The molecule has 0 bridgehead atoms. The Labute approximate surface area is 61.1 Å². The molecule has 1 rings (SSSR count). The summed E-state index contributed by atoms with van der Waals surface area (Å²) in [4.78, 5) is 0. The second-order valence-corrected chi connectivity index (χ2v) is 2.67. The highest BCUT2D eigenvalue weighted by atomic mass is 16.3. The van der Waals surface area contributed by atoms with Crippen molar-refractivity contribution >= 4 is 0 Å². The van der Waals surface area contributed by atoms with Gasteiger partial charge in [0.1, 0.15) is 5.76 Å². The van der Waals surface area contributed by atoms with Crippen LogP contribution in [0.25, 0.3) is 0 Å². The molecule has 1 aliphatic rings. The van der Waals surface area contributed by atoms with E-state index in [-0.39, 0.29) is 11.8 Å². The normalized spacial score (nSPS) is 32.5. The van der Waals surface area contributed by atoms with E-state index in [4.69, 9.17) is 5.11 Å². The molecule has 0 aliphatic carbocycles. The summed E-state index contributed by atoms with van der Waals surface area (Å²) in [6.45, 7) is 4.39. The fraction of sp³-hybridized carbons (Fsp3) is 0.714. The number of hydrogen-bond acceptors (Lipinski definition) is 3. The third kappa shape index (κ3) is 1.49. The molecule has 1 heterocycles. The zero-order valence-electron chi connectivity index (χ0n) is 6.22. The van der Waals surface area contributed by atoms with Crippen LogP contribution < -0.4 is 10.6 Å². The lowest BCUT2D eigenvalue weighted by molar-refractivity contribution is 0.355. The van der Waals surface area contributed by atoms with Crippen LogP contribution in [-0.2, 0) is 0 Å². The molecule has 1 fully saturated rings. The second kappa shape index (κ2) is 3.03. The Hall–Kier alpha value is -0.540. The number of likely N-dealkylation sites (N-methyl/N-ethyl adjacent to an activating group) is 1. The maximum absolute atomic E-state index is 8.98. The van der Waals surface area contributed by atoms with Crippen LogP contribution in [0, 0.1) is 0 Å². The predicted octanol–water partition coefficient (Wildman–Crippen LogP) is 0.00800. The molecule has 0 radical (unpaired) electrons. The van der Waals surface area contributed by atoms with Crippen molar-refractivity contribution in [2.24, 2.45) is 0 Å². The molecule has 3 N–H and O–H groups in total. The van der Waals surface area contributed by atoms with Crippen molar-refractivity contribution in [3.8, 4) is 0 Å². The predicted molar refractivity (Wildman–Crippen MR) is 41.0 cm³/mol. The lowest BCUT2D eigenvalue weighted by Gasteiger charge is -2.07. The van der Waals surface area contributed by atoms with Gasteiger partial charge in [0.05, 0.1) is 6.04 Å². The molecule has 3 heteroatoms. The van der Waals surface area contributed by atoms with Crippen LogP contribution in [0.1, 0.15) is 6.42 Å². The molecule has 0 saturated carbocycles. The molecule has 1 saturated heterocycles. The first-order valence-electron chi connectivity index (χ1n) is 3.52. The van der Waals surface area contributed by atoms with Gasteiger partial charge < -0.3 is 15.7 Å². The average molecular weight is 142 g/mol. The van der Waals surface area contributed by atoms with Gasteiger partial charge in [0, 0.05) is 12.6 Å². The van der Waals surface area contributed by atoms with E-state index in [9.17, 15) is 0 Å². The van der Waals surface area contributed by atoms with E-state index in [1.54, 1.807) is 0 Å². The maximum atomic E-state index is 8.98. The highest BCUT2D eigenvalue weighted by Gasteiger charge is 2.23. The van der Waals surface area contributed by atoms with E-state index in [1.165, 1.54) is 0 Å². The van der Waals surface area contributed by atoms with Gasteiger partial charge in [-0.15, -0.1) is 0 Å². The van der Waals surface area contributed by atoms with Gasteiger partial charge in [-0.3, -0.25) is 0 Å². The minimum atomic E-state index is 0.0949. The first-order valence-corrected chi connectivity index (χ1v) is 3.52. The summed E-state index contributed by atoms with van der Waals surface area (Å²) in [5.41, 5.74) is 0. The highest BCUT2D eigenvalue weighted by Crippen LogP contribution is 2.10. The molecule has 3 nitrogen and oxygen atoms in total. The third-order valence-electron chi connectivity index (χ3n) is 1.94. The van der Waals surface area contributed by atoms with Crippen molar-refractivity contribution in [1.82, 2.24) is 10.6 Å². The first-order chi connectivity index (χ1) is 4.74. The Bertz CT molecular complexity index is 136. The van der Waals surface area contributed by atoms with Gasteiger partial charge in [0.15, 0.2) is 0 Å². The Morgan fingerprint density at radius 3 is 2.80 bits per heavy atom. The van der Waals surface area contributed by atoms with Crippen molar-refractivity contribution in [3.63, 3.8) is 0 Å². The van der Waals surface area contributed by atoms with E-state index in [0.29, 0.717) is 6.04 Å². The van der Waals surface area contributed by atoms with Crippen LogP contribution in [-0.4, -0.2) is 30.8 Å². The molecular formula is C7H14N2O. The second-order valence-electron chi connectivity index (χ2n) is 2.67. The molecule has 0 aromatic carbocycles. The van der Waals surface area contributed by atoms with Gasteiger partial charge in [0.2, 0.25) is 0 Å². The Morgan fingerprint density at radius 1 is 1.80 bits per heavy atom. The summed E-state index contributed by atoms with van der Waals surface area (Å²) >= 11 is 0. The standard InChI is InChI=1S/C7H14N2O/c1-5(10)7-3-6(8-2)4-9-7/h6-10H,1,3-4H2,2H3/t6-,7+/m1/s1. The van der Waals surface area contributed by atoms with Crippen LogP contribution >= 0.6 is 0 Å². The van der Waals surface area contributed by atoms with Crippen molar-refractivity contribution in [2.75, 3.05) is 13.6 Å². The fourth-order valence-corrected chi connectivity index (χ4v) is 1.21. The van der Waals surface area contributed by atoms with E-state index < -0.39 is 0 Å². The molecule has 2 atom stereocenters. The minimum Gasteiger partial charge on any atom is -0.511 e. The number of aliphatic hydroxyl groups excluding tert-OH is 1. The molecule has 1 aliphatic heterocycles. The van der Waals surface area contributed by atoms with Gasteiger partial charge in [0.25, 0.3) is 0 Å². The average Bonchev–Trinajstić information content (AvgIpc) is 2.34. The van der Waals surface area contributed by atoms with Crippen molar-refractivity contribution in [3.05, 3.63) is 12.3 Å². The lowest BCUT2D eigenvalue weighted by Crippen LogP contribution is -2.27. The zero-order valence-corrected chi connectivity index (χ0v) is 6.22. The lowest BCUT2D eigenvalue weighted by atomic mass is 10.1. The highest BCUT2D eigenvalue weighted by molar-refractivity contribution is 5.01. The summed E-state index contributed by atoms with van der Waals surface area (Å²) < 4.78 is 0. The van der Waals surface area contributed by atoms with Crippen LogP contribution in [0.4, 0.5) is 0 Å².